The highest BCUT2D eigenvalue weighted by atomic mass is 15.1. The largest absolute Gasteiger partial charge is 0.310 e. The summed E-state index contributed by atoms with van der Waals surface area (Å²) in [5, 5.41) is 2.19. The molecule has 0 atom stereocenters. The number of hydrogen-bond donors (Lipinski definition) is 0. The molecule has 0 aliphatic carbocycles. The van der Waals surface area contributed by atoms with Crippen molar-refractivity contribution in [3.63, 3.8) is 0 Å². The van der Waals surface area contributed by atoms with Gasteiger partial charge >= 0.3 is 0 Å². The van der Waals surface area contributed by atoms with Crippen LogP contribution in [0.15, 0.2) is 230 Å². The molecular weight excluding hydrogens is 677 g/mol. The van der Waals surface area contributed by atoms with Gasteiger partial charge in [0.25, 0.3) is 0 Å². The molecule has 1 aromatic heterocycles. The summed E-state index contributed by atoms with van der Waals surface area (Å²) in [5.41, 5.74) is 6.33. The van der Waals surface area contributed by atoms with Gasteiger partial charge < -0.3 is 9.47 Å². The Kier molecular flexibility index (Phi) is 5.38. The predicted molar refractivity (Wildman–Crippen MR) is 237 cm³/mol. The van der Waals surface area contributed by atoms with Gasteiger partial charge in [-0.3, -0.25) is 0 Å². The smallest absolute Gasteiger partial charge is 0.0629 e. The second-order valence-electron chi connectivity index (χ2n) is 13.1. The van der Waals surface area contributed by atoms with Crippen LogP contribution >= 0.6 is 0 Å². The third-order valence-corrected chi connectivity index (χ3v) is 9.81. The van der Waals surface area contributed by atoms with Gasteiger partial charge in [-0.25, -0.2) is 0 Å². The minimum atomic E-state index is -0.604. The average molecular weight is 730 g/mol. The third-order valence-electron chi connectivity index (χ3n) is 9.81. The topological polar surface area (TPSA) is 8.17 Å². The summed E-state index contributed by atoms with van der Waals surface area (Å²) in [5.74, 6) is 0. The second-order valence-corrected chi connectivity index (χ2v) is 13.1. The lowest BCUT2D eigenvalue weighted by Crippen LogP contribution is -2.10. The van der Waals surface area contributed by atoms with Crippen LogP contribution < -0.4 is 4.90 Å². The lowest BCUT2D eigenvalue weighted by atomic mass is 9.97. The maximum Gasteiger partial charge on any atom is 0.0629 e. The van der Waals surface area contributed by atoms with Crippen LogP contribution in [0.3, 0.4) is 0 Å². The van der Waals surface area contributed by atoms with Crippen LogP contribution in [0.4, 0.5) is 17.1 Å². The van der Waals surface area contributed by atoms with Gasteiger partial charge in [-0.05, 0) is 111 Å². The molecule has 0 aliphatic heterocycles. The molecule has 2 nitrogen and oxygen atoms in total. The van der Waals surface area contributed by atoms with E-state index in [1.54, 1.807) is 41.3 Å². The number of rotatable bonds is 8. The fraction of sp³-hybridized carbons (Fsp3) is 0. The highest BCUT2D eigenvalue weighted by molar-refractivity contribution is 6.10. The summed E-state index contributed by atoms with van der Waals surface area (Å²) in [7, 11) is 0. The highest BCUT2D eigenvalue weighted by Crippen LogP contribution is 2.41. The normalized spacial score (nSPS) is 15.0. The Morgan fingerprint density at radius 3 is 1.36 bits per heavy atom. The Morgan fingerprint density at radius 1 is 0.321 bits per heavy atom. The van der Waals surface area contributed by atoms with E-state index in [1.165, 1.54) is 6.07 Å². The third kappa shape index (κ3) is 6.24. The molecule has 0 saturated heterocycles. The van der Waals surface area contributed by atoms with Crippen LogP contribution in [0.5, 0.6) is 0 Å². The molecule has 0 N–H and O–H groups in total. The van der Waals surface area contributed by atoms with E-state index in [9.17, 15) is 0 Å². The number of anilines is 3. The number of aromatic nitrogens is 1. The summed E-state index contributed by atoms with van der Waals surface area (Å²) in [6.45, 7) is 0. The minimum Gasteiger partial charge on any atom is -0.310 e. The number of benzene rings is 9. The zero-order valence-electron chi connectivity index (χ0n) is 44.7. The lowest BCUT2D eigenvalue weighted by Gasteiger charge is -2.27. The Labute approximate surface area is 348 Å². The lowest BCUT2D eigenvalue weighted by molar-refractivity contribution is 1.18. The molecule has 264 valence electrons. The van der Waals surface area contributed by atoms with E-state index in [1.807, 2.05) is 54.6 Å². The van der Waals surface area contributed by atoms with E-state index in [0.29, 0.717) is 22.6 Å². The molecule has 0 radical (unpaired) electrons. The van der Waals surface area contributed by atoms with Gasteiger partial charge in [0, 0.05) is 33.5 Å². The molecule has 0 amide bonds. The standard InChI is InChI=1S/C54H38N2/c1-5-15-39(16-6-1)42-25-30-48(31-26-42)55(50-36-45(40-17-7-2-8-18-40)35-46(37-50)41-19-9-3-10-20-41)49-32-27-43(28-33-49)44-29-34-52-51-23-13-14-24-53(51)56(54(52)38-44)47-21-11-4-12-22-47/h1-38H/i1D,2D,3D,5D,6D,7D,8D,9D,10D,15D,16D,17D,18D,19D,20D. The quantitative estimate of drug-likeness (QED) is 0.151. The molecule has 56 heavy (non-hydrogen) atoms. The van der Waals surface area contributed by atoms with Gasteiger partial charge in [-0.1, -0.05) is 163 Å². The molecule has 10 rings (SSSR count). The fourth-order valence-electron chi connectivity index (χ4n) is 7.24. The van der Waals surface area contributed by atoms with Crippen molar-refractivity contribution in [1.82, 2.24) is 4.57 Å². The fourth-order valence-corrected chi connectivity index (χ4v) is 7.24. The molecule has 1 heterocycles. The predicted octanol–water partition coefficient (Wildman–Crippen LogP) is 14.9. The summed E-state index contributed by atoms with van der Waals surface area (Å²) in [6.07, 6.45) is 0. The van der Waals surface area contributed by atoms with Crippen LogP contribution in [0, 0.1) is 0 Å². The first kappa shape index (κ1) is 20.9. The summed E-state index contributed by atoms with van der Waals surface area (Å²) >= 11 is 0. The van der Waals surface area contributed by atoms with Crippen molar-refractivity contribution in [1.29, 1.82) is 0 Å². The Morgan fingerprint density at radius 2 is 0.786 bits per heavy atom. The number of nitrogens with zero attached hydrogens (tertiary/aromatic N) is 2. The molecular formula is C54H38N2. The summed E-state index contributed by atoms with van der Waals surface area (Å²) in [4.78, 5) is 1.78. The Balaban J connectivity index is 1.20. The SMILES string of the molecule is [2H]c1c([2H])c([2H])c(-c2ccc(N(c3ccc(-c4ccc5c6ccccc6n(-c6ccccc6)c5c4)cc3)c3cc(-c4c([2H])c([2H])c([2H])c([2H])c4[2H])cc(-c4c([2H])c([2H])c([2H])c([2H])c4[2H])c3)cc2)c([2H])c1[2H]. The van der Waals surface area contributed by atoms with E-state index < -0.39 is 78.6 Å². The molecule has 9 aromatic carbocycles. The van der Waals surface area contributed by atoms with Crippen molar-refractivity contribution in [2.75, 3.05) is 4.90 Å². The van der Waals surface area contributed by atoms with Gasteiger partial charge in [-0.15, -0.1) is 0 Å². The van der Waals surface area contributed by atoms with Crippen LogP contribution in [0.2, 0.25) is 0 Å². The number of fused-ring (bicyclic) bond motifs is 3. The van der Waals surface area contributed by atoms with Crippen LogP contribution in [-0.2, 0) is 0 Å². The minimum absolute atomic E-state index is 0.00613. The van der Waals surface area contributed by atoms with Gasteiger partial charge in [0.05, 0.1) is 31.6 Å². The average Bonchev–Trinajstić information content (AvgIpc) is 3.72. The maximum absolute atomic E-state index is 8.95. The van der Waals surface area contributed by atoms with E-state index in [2.05, 4.69) is 47.0 Å². The van der Waals surface area contributed by atoms with Crippen molar-refractivity contribution in [2.45, 2.75) is 0 Å². The molecule has 0 spiro atoms. The highest BCUT2D eigenvalue weighted by Gasteiger charge is 2.18. The van der Waals surface area contributed by atoms with Crippen LogP contribution in [-0.4, -0.2) is 4.57 Å². The number of hydrogen-bond acceptors (Lipinski definition) is 1. The first-order valence-electron chi connectivity index (χ1n) is 25.4. The Bertz CT molecular complexity index is 3640. The van der Waals surface area contributed by atoms with Crippen LogP contribution in [0.25, 0.3) is 72.0 Å². The van der Waals surface area contributed by atoms with Crippen molar-refractivity contribution in [3.8, 4) is 50.2 Å². The van der Waals surface area contributed by atoms with Crippen LogP contribution in [0.1, 0.15) is 20.6 Å². The van der Waals surface area contributed by atoms with Crippen molar-refractivity contribution >= 4 is 38.9 Å². The molecule has 2 heteroatoms. The maximum atomic E-state index is 8.95. The van der Waals surface area contributed by atoms with E-state index >= 15 is 0 Å². The first-order valence-corrected chi connectivity index (χ1v) is 17.9. The van der Waals surface area contributed by atoms with E-state index in [-0.39, 0.29) is 39.9 Å². The van der Waals surface area contributed by atoms with Gasteiger partial charge in [0.1, 0.15) is 0 Å². The van der Waals surface area contributed by atoms with E-state index in [4.69, 9.17) is 20.6 Å². The molecule has 0 aliphatic rings. The van der Waals surface area contributed by atoms with Gasteiger partial charge in [-0.2, -0.15) is 0 Å². The van der Waals surface area contributed by atoms with Crippen molar-refractivity contribution in [3.05, 3.63) is 230 Å². The first-order chi connectivity index (χ1) is 34.0. The molecule has 0 fully saturated rings. The Hall–Kier alpha value is -7.42. The summed E-state index contributed by atoms with van der Waals surface area (Å²) in [6, 6.07) is 35.6. The summed E-state index contributed by atoms with van der Waals surface area (Å²) < 4.78 is 131. The molecule has 0 bridgehead atoms. The van der Waals surface area contributed by atoms with E-state index in [0.717, 1.165) is 38.6 Å². The zero-order valence-corrected chi connectivity index (χ0v) is 29.7. The van der Waals surface area contributed by atoms with Gasteiger partial charge in [0.15, 0.2) is 0 Å². The number of para-hydroxylation sites is 2. The molecule has 0 unspecified atom stereocenters. The molecule has 10 aromatic rings. The van der Waals surface area contributed by atoms with Crippen molar-refractivity contribution in [2.24, 2.45) is 0 Å². The second kappa shape index (κ2) is 14.4. The van der Waals surface area contributed by atoms with Crippen molar-refractivity contribution < 1.29 is 20.6 Å². The monoisotopic (exact) mass is 729 g/mol. The zero-order chi connectivity index (χ0) is 50.3. The molecule has 0 saturated carbocycles. The van der Waals surface area contributed by atoms with Gasteiger partial charge in [0.2, 0.25) is 0 Å².